The van der Waals surface area contributed by atoms with Crippen molar-refractivity contribution in [1.82, 2.24) is 19.7 Å². The number of rotatable bonds is 7. The molecule has 0 radical (unpaired) electrons. The molecule has 0 aliphatic heterocycles. The molecule has 0 saturated heterocycles. The van der Waals surface area contributed by atoms with Gasteiger partial charge in [0, 0.05) is 11.6 Å². The van der Waals surface area contributed by atoms with Crippen molar-refractivity contribution in [2.75, 3.05) is 14.2 Å². The van der Waals surface area contributed by atoms with E-state index < -0.39 is 5.97 Å². The third kappa shape index (κ3) is 4.13. The molecule has 3 heterocycles. The van der Waals surface area contributed by atoms with Gasteiger partial charge in [-0.1, -0.05) is 12.1 Å². The molecule has 31 heavy (non-hydrogen) atoms. The summed E-state index contributed by atoms with van der Waals surface area (Å²) in [6.07, 6.45) is 3.16. The molecule has 4 rings (SSSR count). The maximum atomic E-state index is 12.6. The molecule has 0 aliphatic rings. The largest absolute Gasteiger partial charge is 0.493 e. The number of methoxy groups -OCH3 is 2. The minimum Gasteiger partial charge on any atom is -0.493 e. The average molecular weight is 436 g/mol. The third-order valence-corrected chi connectivity index (χ3v) is 5.56. The van der Waals surface area contributed by atoms with Crippen molar-refractivity contribution >= 4 is 17.3 Å². The lowest BCUT2D eigenvalue weighted by molar-refractivity contribution is 0.0467. The molecule has 9 heteroatoms. The predicted octanol–water partition coefficient (Wildman–Crippen LogP) is 4.07. The van der Waals surface area contributed by atoms with Crippen LogP contribution < -0.4 is 9.47 Å². The normalized spacial score (nSPS) is 10.7. The summed E-state index contributed by atoms with van der Waals surface area (Å²) in [6, 6.07) is 11.1. The van der Waals surface area contributed by atoms with Crippen molar-refractivity contribution in [2.24, 2.45) is 0 Å². The Morgan fingerprint density at radius 1 is 1.13 bits per heavy atom. The van der Waals surface area contributed by atoms with E-state index >= 15 is 0 Å². The van der Waals surface area contributed by atoms with Crippen LogP contribution in [0.1, 0.15) is 21.7 Å². The number of ether oxygens (including phenoxy) is 3. The molecule has 0 N–H and O–H groups in total. The smallest absolute Gasteiger partial charge is 0.342 e. The van der Waals surface area contributed by atoms with Crippen molar-refractivity contribution in [3.05, 3.63) is 71.1 Å². The van der Waals surface area contributed by atoms with E-state index in [1.54, 1.807) is 32.0 Å². The molecule has 0 fully saturated rings. The molecule has 8 nitrogen and oxygen atoms in total. The Balaban J connectivity index is 1.48. The Morgan fingerprint density at radius 2 is 2.00 bits per heavy atom. The standard InChI is InChI=1S/C22H20N4O4S/c1-14-17(11-24-26(14)19-9-4-5-10-23-19)22(27)30-12-15-13-31-21(25-15)16-7-6-8-18(28-2)20(16)29-3/h4-11,13H,12H2,1-3H3. The second-order valence-corrected chi connectivity index (χ2v) is 7.36. The molecule has 0 spiro atoms. The lowest BCUT2D eigenvalue weighted by Crippen LogP contribution is -2.08. The second kappa shape index (κ2) is 8.97. The van der Waals surface area contributed by atoms with Gasteiger partial charge in [-0.05, 0) is 31.2 Å². The summed E-state index contributed by atoms with van der Waals surface area (Å²) < 4.78 is 17.9. The number of pyridine rings is 1. The molecule has 0 aliphatic carbocycles. The number of hydrogen-bond donors (Lipinski definition) is 0. The van der Waals surface area contributed by atoms with Crippen LogP contribution in [0, 0.1) is 6.92 Å². The maximum absolute atomic E-state index is 12.6. The monoisotopic (exact) mass is 436 g/mol. The Kier molecular flexibility index (Phi) is 5.94. The number of carbonyl (C=O) groups is 1. The van der Waals surface area contributed by atoms with Crippen LogP contribution in [0.3, 0.4) is 0 Å². The molecule has 0 saturated carbocycles. The SMILES string of the molecule is COc1cccc(-c2nc(COC(=O)c3cnn(-c4ccccn4)c3C)cs2)c1OC. The lowest BCUT2D eigenvalue weighted by Gasteiger charge is -2.10. The molecule has 3 aromatic heterocycles. The van der Waals surface area contributed by atoms with Crippen LogP contribution in [0.15, 0.2) is 54.2 Å². The predicted molar refractivity (Wildman–Crippen MR) is 116 cm³/mol. The van der Waals surface area contributed by atoms with Gasteiger partial charge in [0.1, 0.15) is 17.2 Å². The summed E-state index contributed by atoms with van der Waals surface area (Å²) in [5, 5.41) is 6.86. The molecular formula is C22H20N4O4S. The zero-order valence-electron chi connectivity index (χ0n) is 17.2. The van der Waals surface area contributed by atoms with Gasteiger partial charge in [-0.15, -0.1) is 11.3 Å². The molecule has 0 bridgehead atoms. The van der Waals surface area contributed by atoms with Crippen LogP contribution in [0.2, 0.25) is 0 Å². The average Bonchev–Trinajstić information content (AvgIpc) is 3.44. The first-order chi connectivity index (χ1) is 15.1. The van der Waals surface area contributed by atoms with Crippen molar-refractivity contribution in [3.8, 4) is 27.9 Å². The molecule has 0 atom stereocenters. The first kappa shape index (κ1) is 20.5. The molecular weight excluding hydrogens is 416 g/mol. The van der Waals surface area contributed by atoms with Crippen molar-refractivity contribution in [2.45, 2.75) is 13.5 Å². The van der Waals surface area contributed by atoms with Crippen LogP contribution in [-0.2, 0) is 11.3 Å². The fourth-order valence-electron chi connectivity index (χ4n) is 3.09. The zero-order valence-corrected chi connectivity index (χ0v) is 18.0. The summed E-state index contributed by atoms with van der Waals surface area (Å²) >= 11 is 1.44. The van der Waals surface area contributed by atoms with E-state index in [1.807, 2.05) is 41.8 Å². The van der Waals surface area contributed by atoms with Crippen LogP contribution >= 0.6 is 11.3 Å². The summed E-state index contributed by atoms with van der Waals surface area (Å²) in [7, 11) is 3.18. The first-order valence-corrected chi connectivity index (χ1v) is 10.3. The van der Waals surface area contributed by atoms with E-state index in [9.17, 15) is 4.79 Å². The van der Waals surface area contributed by atoms with Gasteiger partial charge in [-0.2, -0.15) is 5.10 Å². The summed E-state index contributed by atoms with van der Waals surface area (Å²) in [6.45, 7) is 1.85. The third-order valence-electron chi connectivity index (χ3n) is 4.63. The minimum absolute atomic E-state index is 0.0514. The van der Waals surface area contributed by atoms with Crippen molar-refractivity contribution < 1.29 is 19.0 Å². The van der Waals surface area contributed by atoms with Crippen molar-refractivity contribution in [3.63, 3.8) is 0 Å². The van der Waals surface area contributed by atoms with Gasteiger partial charge < -0.3 is 14.2 Å². The first-order valence-electron chi connectivity index (χ1n) is 9.41. The lowest BCUT2D eigenvalue weighted by atomic mass is 10.2. The summed E-state index contributed by atoms with van der Waals surface area (Å²) in [4.78, 5) is 21.4. The quantitative estimate of drug-likeness (QED) is 0.404. The van der Waals surface area contributed by atoms with Crippen LogP contribution in [0.25, 0.3) is 16.4 Å². The molecule has 158 valence electrons. The summed E-state index contributed by atoms with van der Waals surface area (Å²) in [5.74, 6) is 1.41. The van der Waals surface area contributed by atoms with Gasteiger partial charge in [0.05, 0.1) is 37.4 Å². The Bertz CT molecular complexity index is 1200. The van der Waals surface area contributed by atoms with Gasteiger partial charge in [-0.25, -0.2) is 19.4 Å². The highest BCUT2D eigenvalue weighted by Crippen LogP contribution is 2.39. The van der Waals surface area contributed by atoms with Crippen LogP contribution in [0.4, 0.5) is 0 Å². The summed E-state index contributed by atoms with van der Waals surface area (Å²) in [5.41, 5.74) is 2.50. The molecule has 1 aromatic carbocycles. The van der Waals surface area contributed by atoms with Gasteiger partial charge >= 0.3 is 5.97 Å². The Morgan fingerprint density at radius 3 is 2.74 bits per heavy atom. The maximum Gasteiger partial charge on any atom is 0.342 e. The molecule has 0 unspecified atom stereocenters. The Labute approximate surface area is 183 Å². The number of nitrogens with zero attached hydrogens (tertiary/aromatic N) is 4. The van der Waals surface area contributed by atoms with E-state index in [0.717, 1.165) is 10.6 Å². The van der Waals surface area contributed by atoms with E-state index in [1.165, 1.54) is 17.5 Å². The van der Waals surface area contributed by atoms with Gasteiger partial charge in [0.2, 0.25) is 0 Å². The fraction of sp³-hybridized carbons (Fsp3) is 0.182. The van der Waals surface area contributed by atoms with Crippen molar-refractivity contribution in [1.29, 1.82) is 0 Å². The number of para-hydroxylation sites is 1. The second-order valence-electron chi connectivity index (χ2n) is 6.50. The fourth-order valence-corrected chi connectivity index (χ4v) is 3.92. The number of hydrogen-bond acceptors (Lipinski definition) is 8. The topological polar surface area (TPSA) is 88.4 Å². The van der Waals surface area contributed by atoms with Gasteiger partial charge in [-0.3, -0.25) is 0 Å². The number of carbonyl (C=O) groups excluding carboxylic acids is 1. The van der Waals surface area contributed by atoms with E-state index in [2.05, 4.69) is 15.1 Å². The number of benzene rings is 1. The number of esters is 1. The highest BCUT2D eigenvalue weighted by Gasteiger charge is 2.19. The van der Waals surface area contributed by atoms with E-state index in [-0.39, 0.29) is 6.61 Å². The van der Waals surface area contributed by atoms with Crippen LogP contribution in [-0.4, -0.2) is 39.9 Å². The number of thiazole rings is 1. The Hall–Kier alpha value is -3.72. The van der Waals surface area contributed by atoms with Crippen LogP contribution in [0.5, 0.6) is 11.5 Å². The highest BCUT2D eigenvalue weighted by atomic mass is 32.1. The van der Waals surface area contributed by atoms with E-state index in [4.69, 9.17) is 14.2 Å². The van der Waals surface area contributed by atoms with Gasteiger partial charge in [0.25, 0.3) is 0 Å². The highest BCUT2D eigenvalue weighted by molar-refractivity contribution is 7.13. The molecule has 0 amide bonds. The number of aromatic nitrogens is 4. The minimum atomic E-state index is -0.465. The van der Waals surface area contributed by atoms with Gasteiger partial charge in [0.15, 0.2) is 17.3 Å². The zero-order chi connectivity index (χ0) is 21.8. The van der Waals surface area contributed by atoms with E-state index in [0.29, 0.717) is 34.3 Å². The molecule has 4 aromatic rings.